The molecular weight excluding hydrogens is 210 g/mol. The van der Waals surface area contributed by atoms with Gasteiger partial charge >= 0.3 is 0 Å². The summed E-state index contributed by atoms with van der Waals surface area (Å²) in [6.45, 7) is 6.52. The molecule has 0 aromatic carbocycles. The molecule has 1 unspecified atom stereocenters. The van der Waals surface area contributed by atoms with Crippen LogP contribution < -0.4 is 5.32 Å². The zero-order chi connectivity index (χ0) is 12.3. The Morgan fingerprint density at radius 3 is 2.76 bits per heavy atom. The standard InChI is InChI=1S/C15H29NO/c1-3-5-6-7-10-15(16-11-4-2)14-9-8-12-17-13-14/h13,15-16H,3-12H2,1-2H3. The van der Waals surface area contributed by atoms with Crippen LogP contribution in [0.1, 0.15) is 65.2 Å². The Bertz CT molecular complexity index is 213. The van der Waals surface area contributed by atoms with Gasteiger partial charge in [-0.15, -0.1) is 0 Å². The van der Waals surface area contributed by atoms with Gasteiger partial charge in [-0.25, -0.2) is 0 Å². The number of unbranched alkanes of at least 4 members (excludes halogenated alkanes) is 3. The van der Waals surface area contributed by atoms with Crippen molar-refractivity contribution in [3.8, 4) is 0 Å². The Morgan fingerprint density at radius 1 is 1.24 bits per heavy atom. The van der Waals surface area contributed by atoms with E-state index < -0.39 is 0 Å². The third-order valence-electron chi connectivity index (χ3n) is 3.40. The molecule has 0 radical (unpaired) electrons. The fourth-order valence-corrected chi connectivity index (χ4v) is 2.35. The zero-order valence-corrected chi connectivity index (χ0v) is 11.6. The molecule has 1 aliphatic rings. The maximum atomic E-state index is 5.47. The summed E-state index contributed by atoms with van der Waals surface area (Å²) >= 11 is 0. The van der Waals surface area contributed by atoms with Gasteiger partial charge in [-0.1, -0.05) is 39.5 Å². The molecule has 0 aromatic rings. The maximum Gasteiger partial charge on any atom is 0.0876 e. The lowest BCUT2D eigenvalue weighted by Crippen LogP contribution is -2.32. The predicted octanol–water partition coefficient (Wildman–Crippen LogP) is 4.02. The fourth-order valence-electron chi connectivity index (χ4n) is 2.35. The summed E-state index contributed by atoms with van der Waals surface area (Å²) in [4.78, 5) is 0. The molecule has 17 heavy (non-hydrogen) atoms. The molecule has 0 amide bonds. The SMILES string of the molecule is CCCCCCC(NCCC)C1=COCCC1. The predicted molar refractivity (Wildman–Crippen MR) is 74.1 cm³/mol. The highest BCUT2D eigenvalue weighted by Gasteiger charge is 2.15. The van der Waals surface area contributed by atoms with Crippen LogP contribution in [0.3, 0.4) is 0 Å². The lowest BCUT2D eigenvalue weighted by molar-refractivity contribution is 0.218. The summed E-state index contributed by atoms with van der Waals surface area (Å²) in [5.41, 5.74) is 1.49. The van der Waals surface area contributed by atoms with E-state index in [1.165, 1.54) is 56.9 Å². The molecule has 1 N–H and O–H groups in total. The van der Waals surface area contributed by atoms with Crippen LogP contribution in [0.25, 0.3) is 0 Å². The first-order chi connectivity index (χ1) is 8.38. The topological polar surface area (TPSA) is 21.3 Å². The smallest absolute Gasteiger partial charge is 0.0876 e. The molecule has 2 heteroatoms. The second-order valence-electron chi connectivity index (χ2n) is 5.02. The quantitative estimate of drug-likeness (QED) is 0.614. The first kappa shape index (κ1) is 14.6. The van der Waals surface area contributed by atoms with Crippen LogP contribution >= 0.6 is 0 Å². The summed E-state index contributed by atoms with van der Waals surface area (Å²) in [5, 5.41) is 3.67. The number of hydrogen-bond acceptors (Lipinski definition) is 2. The summed E-state index contributed by atoms with van der Waals surface area (Å²) in [7, 11) is 0. The maximum absolute atomic E-state index is 5.47. The van der Waals surface area contributed by atoms with Crippen molar-refractivity contribution in [1.29, 1.82) is 0 Å². The lowest BCUT2D eigenvalue weighted by Gasteiger charge is -2.24. The summed E-state index contributed by atoms with van der Waals surface area (Å²) < 4.78 is 5.47. The number of rotatable bonds is 9. The Labute approximate surface area is 107 Å². The van der Waals surface area contributed by atoms with Gasteiger partial charge in [0, 0.05) is 6.04 Å². The van der Waals surface area contributed by atoms with Crippen LogP contribution in [-0.4, -0.2) is 19.2 Å². The van der Waals surface area contributed by atoms with Crippen LogP contribution in [0, 0.1) is 0 Å². The van der Waals surface area contributed by atoms with Gasteiger partial charge in [-0.2, -0.15) is 0 Å². The molecule has 0 aliphatic carbocycles. The van der Waals surface area contributed by atoms with Gasteiger partial charge in [0.2, 0.25) is 0 Å². The number of ether oxygens (including phenoxy) is 1. The van der Waals surface area contributed by atoms with Crippen LogP contribution in [0.4, 0.5) is 0 Å². The van der Waals surface area contributed by atoms with Gasteiger partial charge in [-0.05, 0) is 37.8 Å². The molecule has 0 bridgehead atoms. The van der Waals surface area contributed by atoms with Crippen LogP contribution in [0.2, 0.25) is 0 Å². The molecule has 1 rings (SSSR count). The Morgan fingerprint density at radius 2 is 2.12 bits per heavy atom. The number of hydrogen-bond donors (Lipinski definition) is 1. The highest BCUT2D eigenvalue weighted by molar-refractivity contribution is 5.09. The van der Waals surface area contributed by atoms with Crippen molar-refractivity contribution in [2.75, 3.05) is 13.2 Å². The summed E-state index contributed by atoms with van der Waals surface area (Å²) in [6.07, 6.45) is 12.3. The van der Waals surface area contributed by atoms with Crippen molar-refractivity contribution in [2.45, 2.75) is 71.3 Å². The first-order valence-electron chi connectivity index (χ1n) is 7.42. The van der Waals surface area contributed by atoms with Crippen LogP contribution in [0.15, 0.2) is 11.8 Å². The van der Waals surface area contributed by atoms with E-state index in [2.05, 4.69) is 19.2 Å². The van der Waals surface area contributed by atoms with Gasteiger partial charge in [0.15, 0.2) is 0 Å². The molecule has 1 atom stereocenters. The molecule has 1 aliphatic heterocycles. The highest BCUT2D eigenvalue weighted by atomic mass is 16.5. The van der Waals surface area contributed by atoms with E-state index in [9.17, 15) is 0 Å². The minimum atomic E-state index is 0.562. The van der Waals surface area contributed by atoms with Crippen LogP contribution in [-0.2, 0) is 4.74 Å². The van der Waals surface area contributed by atoms with Crippen molar-refractivity contribution in [1.82, 2.24) is 5.32 Å². The van der Waals surface area contributed by atoms with E-state index in [-0.39, 0.29) is 0 Å². The molecule has 100 valence electrons. The van der Waals surface area contributed by atoms with Crippen molar-refractivity contribution >= 4 is 0 Å². The average molecular weight is 239 g/mol. The minimum absolute atomic E-state index is 0.562. The van der Waals surface area contributed by atoms with Crippen molar-refractivity contribution in [2.24, 2.45) is 0 Å². The van der Waals surface area contributed by atoms with E-state index in [1.807, 2.05) is 6.26 Å². The third-order valence-corrected chi connectivity index (χ3v) is 3.40. The Balaban J connectivity index is 2.33. The Kier molecular flexibility index (Phi) is 8.16. The number of nitrogens with one attached hydrogen (secondary N) is 1. The molecule has 2 nitrogen and oxygen atoms in total. The van der Waals surface area contributed by atoms with Gasteiger partial charge < -0.3 is 10.1 Å². The normalized spacial score (nSPS) is 17.4. The van der Waals surface area contributed by atoms with E-state index >= 15 is 0 Å². The van der Waals surface area contributed by atoms with Gasteiger partial charge in [0.25, 0.3) is 0 Å². The van der Waals surface area contributed by atoms with Gasteiger partial charge in [0.1, 0.15) is 0 Å². The van der Waals surface area contributed by atoms with E-state index in [4.69, 9.17) is 4.74 Å². The van der Waals surface area contributed by atoms with Gasteiger partial charge in [-0.3, -0.25) is 0 Å². The van der Waals surface area contributed by atoms with Crippen molar-refractivity contribution in [3.05, 3.63) is 11.8 Å². The monoisotopic (exact) mass is 239 g/mol. The fraction of sp³-hybridized carbons (Fsp3) is 0.867. The minimum Gasteiger partial charge on any atom is -0.501 e. The second kappa shape index (κ2) is 9.52. The Hall–Kier alpha value is -0.500. The molecule has 1 heterocycles. The molecular formula is C15H29NO. The average Bonchev–Trinajstić information content (AvgIpc) is 2.39. The molecule has 0 spiro atoms. The van der Waals surface area contributed by atoms with Gasteiger partial charge in [0.05, 0.1) is 12.9 Å². The molecule has 0 aromatic heterocycles. The van der Waals surface area contributed by atoms with Crippen LogP contribution in [0.5, 0.6) is 0 Å². The largest absolute Gasteiger partial charge is 0.501 e. The van der Waals surface area contributed by atoms with E-state index in [0.29, 0.717) is 6.04 Å². The zero-order valence-electron chi connectivity index (χ0n) is 11.6. The molecule has 0 saturated carbocycles. The molecule has 0 saturated heterocycles. The van der Waals surface area contributed by atoms with E-state index in [1.54, 1.807) is 0 Å². The molecule has 0 fully saturated rings. The second-order valence-corrected chi connectivity index (χ2v) is 5.02. The highest BCUT2D eigenvalue weighted by Crippen LogP contribution is 2.20. The van der Waals surface area contributed by atoms with Crippen molar-refractivity contribution in [3.63, 3.8) is 0 Å². The lowest BCUT2D eigenvalue weighted by atomic mass is 9.96. The van der Waals surface area contributed by atoms with E-state index in [0.717, 1.165) is 13.2 Å². The third kappa shape index (κ3) is 6.11. The first-order valence-corrected chi connectivity index (χ1v) is 7.42. The summed E-state index contributed by atoms with van der Waals surface area (Å²) in [5.74, 6) is 0. The van der Waals surface area contributed by atoms with Crippen molar-refractivity contribution < 1.29 is 4.74 Å². The summed E-state index contributed by atoms with van der Waals surface area (Å²) in [6, 6.07) is 0.562.